The molecule has 0 aliphatic rings. The monoisotopic (exact) mass is 255 g/mol. The fraction of sp³-hybridized carbons (Fsp3) is 0.800. The van der Waals surface area contributed by atoms with Crippen LogP contribution in [0.25, 0.3) is 0 Å². The van der Waals surface area contributed by atoms with Crippen LogP contribution in [0.5, 0.6) is 0 Å². The van der Waals surface area contributed by atoms with E-state index in [4.69, 9.17) is 0 Å². The summed E-state index contributed by atoms with van der Waals surface area (Å²) in [4.78, 5) is 11.7. The number of hydrogen-bond acceptors (Lipinski definition) is 3. The molecule has 0 bridgehead atoms. The second-order valence-electron chi connectivity index (χ2n) is 7.03. The van der Waals surface area contributed by atoms with Crippen molar-refractivity contribution in [2.24, 2.45) is 11.3 Å². The number of hydrogen-bond donors (Lipinski definition) is 2. The number of β-amino-alcohol motifs (C(OH)–C–C–N with tert-alkyl or cyclic N) is 1. The molecule has 0 fully saturated rings. The molecule has 0 aliphatic heterocycles. The normalized spacial score (nSPS) is 16.9. The average Bonchev–Trinajstić information content (AvgIpc) is 2.19. The average molecular weight is 255 g/mol. The third-order valence-corrected chi connectivity index (χ3v) is 2.74. The van der Waals surface area contributed by atoms with E-state index >= 15 is 0 Å². The van der Waals surface area contributed by atoms with E-state index in [9.17, 15) is 9.90 Å². The highest BCUT2D eigenvalue weighted by Crippen LogP contribution is 2.16. The van der Waals surface area contributed by atoms with Crippen molar-refractivity contribution in [1.29, 1.82) is 0 Å². The summed E-state index contributed by atoms with van der Waals surface area (Å²) in [5.74, 6) is 0.0523. The molecule has 2 N–H and O–H groups in total. The Balaban J connectivity index is 4.28. The Morgan fingerprint density at radius 3 is 2.11 bits per heavy atom. The Morgan fingerprint density at radius 1 is 1.22 bits per heavy atom. The van der Waals surface area contributed by atoms with E-state index < -0.39 is 6.10 Å². The number of carbonyl (C=O) groups is 1. The lowest BCUT2D eigenvalue weighted by Crippen LogP contribution is -2.42. The predicted molar refractivity (Wildman–Crippen MR) is 76.5 cm³/mol. The summed E-state index contributed by atoms with van der Waals surface area (Å²) in [6.45, 7) is 14.3. The maximum atomic E-state index is 11.7. The summed E-state index contributed by atoms with van der Waals surface area (Å²) in [7, 11) is 0. The van der Waals surface area contributed by atoms with E-state index in [2.05, 4.69) is 26.1 Å². The standard InChI is InChI=1S/C15H29NO2/c1-11(8-9-13(18)14(2,3)4)12(17)10-16-15(5,6)7/h8-9,11-12,16-17H,10H2,1-7H3/b9-8+. The van der Waals surface area contributed by atoms with Crippen LogP contribution in [0.3, 0.4) is 0 Å². The zero-order chi connectivity index (χ0) is 14.6. The minimum absolute atomic E-state index is 0.00829. The summed E-state index contributed by atoms with van der Waals surface area (Å²) < 4.78 is 0. The molecule has 0 aromatic rings. The lowest BCUT2D eigenvalue weighted by molar-refractivity contribution is -0.121. The number of aliphatic hydroxyl groups is 1. The van der Waals surface area contributed by atoms with Gasteiger partial charge < -0.3 is 10.4 Å². The lowest BCUT2D eigenvalue weighted by Gasteiger charge is -2.24. The maximum absolute atomic E-state index is 11.7. The molecule has 2 atom stereocenters. The van der Waals surface area contributed by atoms with Crippen LogP contribution in [0.2, 0.25) is 0 Å². The SMILES string of the molecule is CC(/C=C/C(=O)C(C)(C)C)C(O)CNC(C)(C)C. The molecule has 3 heteroatoms. The van der Waals surface area contributed by atoms with Crippen LogP contribution in [0.4, 0.5) is 0 Å². The number of nitrogens with one attached hydrogen (secondary N) is 1. The summed E-state index contributed by atoms with van der Waals surface area (Å²) in [6, 6.07) is 0. The van der Waals surface area contributed by atoms with Crippen molar-refractivity contribution in [2.75, 3.05) is 6.54 Å². The van der Waals surface area contributed by atoms with Crippen LogP contribution in [-0.2, 0) is 4.79 Å². The van der Waals surface area contributed by atoms with Gasteiger partial charge in [0, 0.05) is 23.4 Å². The number of carbonyl (C=O) groups excluding carboxylic acids is 1. The number of allylic oxidation sites excluding steroid dienone is 1. The topological polar surface area (TPSA) is 49.3 Å². The van der Waals surface area contributed by atoms with Crippen molar-refractivity contribution >= 4 is 5.78 Å². The van der Waals surface area contributed by atoms with Gasteiger partial charge in [-0.2, -0.15) is 0 Å². The zero-order valence-electron chi connectivity index (χ0n) is 12.9. The van der Waals surface area contributed by atoms with Crippen LogP contribution in [0.15, 0.2) is 12.2 Å². The Morgan fingerprint density at radius 2 is 1.72 bits per heavy atom. The van der Waals surface area contributed by atoms with Gasteiger partial charge in [0.1, 0.15) is 0 Å². The van der Waals surface area contributed by atoms with Gasteiger partial charge in [0.05, 0.1) is 6.10 Å². The number of aliphatic hydroxyl groups excluding tert-OH is 1. The molecule has 3 nitrogen and oxygen atoms in total. The third kappa shape index (κ3) is 7.62. The van der Waals surface area contributed by atoms with E-state index in [1.165, 1.54) is 0 Å². The van der Waals surface area contributed by atoms with E-state index in [1.54, 1.807) is 12.2 Å². The molecular formula is C15H29NO2. The first kappa shape index (κ1) is 17.3. The molecule has 0 radical (unpaired) electrons. The second-order valence-corrected chi connectivity index (χ2v) is 7.03. The van der Waals surface area contributed by atoms with Crippen LogP contribution >= 0.6 is 0 Å². The molecule has 2 unspecified atom stereocenters. The highest BCUT2D eigenvalue weighted by molar-refractivity contribution is 5.93. The molecule has 106 valence electrons. The largest absolute Gasteiger partial charge is 0.391 e. The van der Waals surface area contributed by atoms with Gasteiger partial charge in [-0.25, -0.2) is 0 Å². The molecule has 18 heavy (non-hydrogen) atoms. The Labute approximate surface area is 112 Å². The zero-order valence-corrected chi connectivity index (χ0v) is 12.9. The van der Waals surface area contributed by atoms with Crippen molar-refractivity contribution in [2.45, 2.75) is 60.1 Å². The fourth-order valence-corrected chi connectivity index (χ4v) is 1.21. The van der Waals surface area contributed by atoms with Crippen molar-refractivity contribution in [3.05, 3.63) is 12.2 Å². The Kier molecular flexibility index (Phi) is 6.24. The van der Waals surface area contributed by atoms with E-state index in [1.807, 2.05) is 27.7 Å². The van der Waals surface area contributed by atoms with Crippen LogP contribution < -0.4 is 5.32 Å². The van der Waals surface area contributed by atoms with Gasteiger partial charge >= 0.3 is 0 Å². The smallest absolute Gasteiger partial charge is 0.160 e. The molecule has 0 aromatic carbocycles. The molecular weight excluding hydrogens is 226 g/mol. The molecule has 0 saturated carbocycles. The summed E-state index contributed by atoms with van der Waals surface area (Å²) >= 11 is 0. The first-order valence-electron chi connectivity index (χ1n) is 6.59. The van der Waals surface area contributed by atoms with Crippen LogP contribution in [-0.4, -0.2) is 29.1 Å². The predicted octanol–water partition coefficient (Wildman–Crippen LogP) is 2.54. The van der Waals surface area contributed by atoms with Gasteiger partial charge in [-0.15, -0.1) is 0 Å². The van der Waals surface area contributed by atoms with Crippen molar-refractivity contribution < 1.29 is 9.90 Å². The van der Waals surface area contributed by atoms with E-state index in [0.29, 0.717) is 6.54 Å². The van der Waals surface area contributed by atoms with Crippen molar-refractivity contribution in [3.63, 3.8) is 0 Å². The van der Waals surface area contributed by atoms with Gasteiger partial charge in [-0.05, 0) is 26.8 Å². The second kappa shape index (κ2) is 6.48. The molecule has 0 saturated heterocycles. The highest BCUT2D eigenvalue weighted by Gasteiger charge is 2.20. The quantitative estimate of drug-likeness (QED) is 0.742. The number of ketones is 1. The van der Waals surface area contributed by atoms with Crippen LogP contribution in [0, 0.1) is 11.3 Å². The van der Waals surface area contributed by atoms with Gasteiger partial charge in [0.25, 0.3) is 0 Å². The van der Waals surface area contributed by atoms with E-state index in [0.717, 1.165) is 0 Å². The highest BCUT2D eigenvalue weighted by atomic mass is 16.3. The lowest BCUT2D eigenvalue weighted by atomic mass is 9.89. The first-order chi connectivity index (χ1) is 7.93. The Bertz CT molecular complexity index is 295. The molecule has 0 spiro atoms. The first-order valence-corrected chi connectivity index (χ1v) is 6.59. The molecule has 0 rings (SSSR count). The Hall–Kier alpha value is -0.670. The van der Waals surface area contributed by atoms with E-state index in [-0.39, 0.29) is 22.7 Å². The van der Waals surface area contributed by atoms with Gasteiger partial charge in [0.2, 0.25) is 0 Å². The summed E-state index contributed by atoms with van der Waals surface area (Å²) in [6.07, 6.45) is 2.90. The molecule has 0 amide bonds. The van der Waals surface area contributed by atoms with Crippen molar-refractivity contribution in [1.82, 2.24) is 5.32 Å². The fourth-order valence-electron chi connectivity index (χ4n) is 1.21. The number of rotatable bonds is 5. The van der Waals surface area contributed by atoms with Gasteiger partial charge in [-0.3, -0.25) is 4.79 Å². The van der Waals surface area contributed by atoms with Gasteiger partial charge in [0.15, 0.2) is 5.78 Å². The summed E-state index contributed by atoms with van der Waals surface area (Å²) in [5, 5.41) is 13.2. The maximum Gasteiger partial charge on any atom is 0.160 e. The summed E-state index contributed by atoms with van der Waals surface area (Å²) in [5.41, 5.74) is -0.365. The minimum atomic E-state index is -0.478. The minimum Gasteiger partial charge on any atom is -0.391 e. The molecule has 0 aliphatic carbocycles. The molecule has 0 heterocycles. The van der Waals surface area contributed by atoms with Gasteiger partial charge in [-0.1, -0.05) is 33.8 Å². The van der Waals surface area contributed by atoms with Crippen LogP contribution in [0.1, 0.15) is 48.5 Å². The van der Waals surface area contributed by atoms with Crippen molar-refractivity contribution in [3.8, 4) is 0 Å². The molecule has 0 aromatic heterocycles. The third-order valence-electron chi connectivity index (χ3n) is 2.74.